The summed E-state index contributed by atoms with van der Waals surface area (Å²) >= 11 is 0. The van der Waals surface area contributed by atoms with E-state index in [1.165, 1.54) is 4.90 Å². The summed E-state index contributed by atoms with van der Waals surface area (Å²) in [7, 11) is 0. The molecule has 1 heterocycles. The number of hydrogen-bond acceptors (Lipinski definition) is 6. The van der Waals surface area contributed by atoms with E-state index in [9.17, 15) is 24.0 Å². The second-order valence-corrected chi connectivity index (χ2v) is 7.33. The molecule has 3 amide bonds. The molecule has 0 saturated carbocycles. The highest BCUT2D eigenvalue weighted by molar-refractivity contribution is 5.87. The molecule has 1 fully saturated rings. The van der Waals surface area contributed by atoms with Crippen molar-refractivity contribution < 1.29 is 34.2 Å². The highest BCUT2D eigenvalue weighted by Gasteiger charge is 2.35. The summed E-state index contributed by atoms with van der Waals surface area (Å²) in [6.07, 6.45) is 2.72. The van der Waals surface area contributed by atoms with E-state index < -0.39 is 36.0 Å². The van der Waals surface area contributed by atoms with Crippen LogP contribution in [0.2, 0.25) is 0 Å². The lowest BCUT2D eigenvalue weighted by molar-refractivity contribution is -0.148. The van der Waals surface area contributed by atoms with Gasteiger partial charge < -0.3 is 31.5 Å². The molecule has 0 spiro atoms. The van der Waals surface area contributed by atoms with Crippen molar-refractivity contribution in [3.05, 3.63) is 0 Å². The molecule has 1 aliphatic rings. The number of unbranched alkanes of at least 4 members (excludes halogenated alkanes) is 1. The predicted octanol–water partition coefficient (Wildman–Crippen LogP) is 1.49. The number of amides is 3. The third kappa shape index (κ3) is 13.1. The zero-order valence-corrected chi connectivity index (χ0v) is 21.3. The summed E-state index contributed by atoms with van der Waals surface area (Å²) in [4.78, 5) is 59.1. The predicted molar refractivity (Wildman–Crippen MR) is 129 cm³/mol. The van der Waals surface area contributed by atoms with E-state index in [0.29, 0.717) is 45.2 Å². The van der Waals surface area contributed by atoms with Crippen LogP contribution in [0.1, 0.15) is 86.0 Å². The zero-order valence-electron chi connectivity index (χ0n) is 21.3. The number of carboxylic acid groups (broad SMARTS) is 2. The lowest BCUT2D eigenvalue weighted by Crippen LogP contribution is -2.48. The topological polar surface area (TPSA) is 179 Å². The van der Waals surface area contributed by atoms with Crippen LogP contribution >= 0.6 is 0 Å². The highest BCUT2D eigenvalue weighted by atomic mass is 16.4. The smallest absolute Gasteiger partial charge is 0.326 e. The van der Waals surface area contributed by atoms with Crippen molar-refractivity contribution in [3.8, 4) is 0 Å². The molecule has 6 N–H and O–H groups in total. The maximum Gasteiger partial charge on any atom is 0.326 e. The van der Waals surface area contributed by atoms with Gasteiger partial charge in [-0.25, -0.2) is 9.59 Å². The Kier molecular flexibility index (Phi) is 19.4. The van der Waals surface area contributed by atoms with Gasteiger partial charge in [-0.1, -0.05) is 34.6 Å². The minimum atomic E-state index is -1.19. The zero-order chi connectivity index (χ0) is 26.7. The van der Waals surface area contributed by atoms with E-state index >= 15 is 0 Å². The molecule has 3 atom stereocenters. The fourth-order valence-corrected chi connectivity index (χ4v) is 3.26. The van der Waals surface area contributed by atoms with E-state index in [4.69, 9.17) is 15.9 Å². The Hall–Kier alpha value is -2.69. The SMILES string of the molecule is CC.CC.CCC(=O)NC(CCC(=O)NCCCCC(N)C(=O)N1CCC[C@H]1C(=O)O)C(=O)O. The van der Waals surface area contributed by atoms with Crippen molar-refractivity contribution in [2.75, 3.05) is 13.1 Å². The van der Waals surface area contributed by atoms with Crippen molar-refractivity contribution in [2.45, 2.75) is 104 Å². The van der Waals surface area contributed by atoms with Crippen LogP contribution < -0.4 is 16.4 Å². The Morgan fingerprint density at radius 1 is 1.00 bits per heavy atom. The van der Waals surface area contributed by atoms with Gasteiger partial charge in [0.25, 0.3) is 0 Å². The van der Waals surface area contributed by atoms with Gasteiger partial charge in [-0.15, -0.1) is 0 Å². The Morgan fingerprint density at radius 2 is 1.62 bits per heavy atom. The number of carbonyl (C=O) groups is 5. The second-order valence-electron chi connectivity index (χ2n) is 7.33. The molecule has 0 aromatic heterocycles. The number of nitrogens with two attached hydrogens (primary N) is 1. The monoisotopic (exact) mass is 488 g/mol. The van der Waals surface area contributed by atoms with Gasteiger partial charge in [0.2, 0.25) is 17.7 Å². The van der Waals surface area contributed by atoms with E-state index in [2.05, 4.69) is 10.6 Å². The number of likely N-dealkylation sites (tertiary alicyclic amines) is 1. The van der Waals surface area contributed by atoms with Crippen LogP contribution in [0.5, 0.6) is 0 Å². The first-order chi connectivity index (χ1) is 16.2. The molecule has 0 radical (unpaired) electrons. The maximum atomic E-state index is 12.3. The number of rotatable bonds is 13. The lowest BCUT2D eigenvalue weighted by Gasteiger charge is -2.24. The third-order valence-corrected chi connectivity index (χ3v) is 5.02. The van der Waals surface area contributed by atoms with Crippen LogP contribution in [0, 0.1) is 0 Å². The van der Waals surface area contributed by atoms with Crippen molar-refractivity contribution >= 4 is 29.7 Å². The number of hydrogen-bond donors (Lipinski definition) is 5. The van der Waals surface area contributed by atoms with Gasteiger partial charge in [-0.3, -0.25) is 14.4 Å². The van der Waals surface area contributed by atoms with Crippen LogP contribution in [0.25, 0.3) is 0 Å². The number of nitrogens with zero attached hydrogens (tertiary/aromatic N) is 1. The first-order valence-electron chi connectivity index (χ1n) is 12.2. The molecular formula is C23H44N4O7. The third-order valence-electron chi connectivity index (χ3n) is 5.02. The van der Waals surface area contributed by atoms with Gasteiger partial charge in [-0.05, 0) is 38.5 Å². The molecule has 11 nitrogen and oxygen atoms in total. The van der Waals surface area contributed by atoms with Crippen LogP contribution in [0.15, 0.2) is 0 Å². The molecular weight excluding hydrogens is 444 g/mol. The van der Waals surface area contributed by atoms with Gasteiger partial charge in [-0.2, -0.15) is 0 Å². The molecule has 0 aromatic carbocycles. The number of aliphatic carboxylic acids is 2. The largest absolute Gasteiger partial charge is 0.480 e. The lowest BCUT2D eigenvalue weighted by atomic mass is 10.1. The van der Waals surface area contributed by atoms with E-state index in [1.54, 1.807) is 6.92 Å². The highest BCUT2D eigenvalue weighted by Crippen LogP contribution is 2.19. The van der Waals surface area contributed by atoms with Gasteiger partial charge in [0.15, 0.2) is 0 Å². The molecule has 2 unspecified atom stereocenters. The average molecular weight is 489 g/mol. The van der Waals surface area contributed by atoms with Crippen LogP contribution in [0.3, 0.4) is 0 Å². The molecule has 198 valence electrons. The van der Waals surface area contributed by atoms with Crippen molar-refractivity contribution in [2.24, 2.45) is 5.73 Å². The first kappa shape index (κ1) is 33.5. The molecule has 1 aliphatic heterocycles. The number of carbonyl (C=O) groups excluding carboxylic acids is 3. The number of carboxylic acids is 2. The quantitative estimate of drug-likeness (QED) is 0.242. The first-order valence-corrected chi connectivity index (χ1v) is 12.2. The van der Waals surface area contributed by atoms with Crippen LogP contribution in [-0.4, -0.2) is 76.0 Å². The molecule has 1 rings (SSSR count). The molecule has 0 bridgehead atoms. The molecule has 34 heavy (non-hydrogen) atoms. The molecule has 1 saturated heterocycles. The number of nitrogens with one attached hydrogen (secondary N) is 2. The van der Waals surface area contributed by atoms with E-state index in [-0.39, 0.29) is 31.1 Å². The maximum absolute atomic E-state index is 12.3. The molecule has 11 heteroatoms. The second kappa shape index (κ2) is 19.7. The normalized spacial score (nSPS) is 16.1. The van der Waals surface area contributed by atoms with Crippen LogP contribution in [0.4, 0.5) is 0 Å². The van der Waals surface area contributed by atoms with Gasteiger partial charge >= 0.3 is 11.9 Å². The summed E-state index contributed by atoms with van der Waals surface area (Å²) in [6, 6.07) is -2.69. The Labute approximate surface area is 202 Å². The summed E-state index contributed by atoms with van der Waals surface area (Å²) in [5.74, 6) is -3.29. The summed E-state index contributed by atoms with van der Waals surface area (Å²) in [5, 5.41) is 23.2. The fraction of sp³-hybridized carbons (Fsp3) is 0.783. The van der Waals surface area contributed by atoms with E-state index in [0.717, 1.165) is 0 Å². The van der Waals surface area contributed by atoms with Gasteiger partial charge in [0.1, 0.15) is 12.1 Å². The van der Waals surface area contributed by atoms with Gasteiger partial charge in [0.05, 0.1) is 6.04 Å². The van der Waals surface area contributed by atoms with Crippen molar-refractivity contribution in [1.82, 2.24) is 15.5 Å². The van der Waals surface area contributed by atoms with Gasteiger partial charge in [0, 0.05) is 25.9 Å². The standard InChI is InChI=1S/C19H32N4O7.2C2H6/c1-2-15(24)22-13(18(27)28)8-9-16(25)21-10-4-3-6-12(20)17(26)23-11-5-7-14(23)19(29)30;2*1-2/h12-14H,2-11,20H2,1H3,(H,21,25)(H,22,24)(H,27,28)(H,29,30);2*1-2H3/t12?,13?,14-;;/m0../s1. The average Bonchev–Trinajstić information content (AvgIpc) is 3.33. The summed E-state index contributed by atoms with van der Waals surface area (Å²) < 4.78 is 0. The summed E-state index contributed by atoms with van der Waals surface area (Å²) in [5.41, 5.74) is 5.90. The minimum Gasteiger partial charge on any atom is -0.480 e. The van der Waals surface area contributed by atoms with E-state index in [1.807, 2.05) is 27.7 Å². The Morgan fingerprint density at radius 3 is 2.15 bits per heavy atom. The molecule has 0 aliphatic carbocycles. The van der Waals surface area contributed by atoms with Crippen molar-refractivity contribution in [3.63, 3.8) is 0 Å². The summed E-state index contributed by atoms with van der Waals surface area (Å²) in [6.45, 7) is 10.4. The minimum absolute atomic E-state index is 0.00708. The Balaban J connectivity index is 0. The van der Waals surface area contributed by atoms with Crippen molar-refractivity contribution in [1.29, 1.82) is 0 Å². The Bertz CT molecular complexity index is 643. The van der Waals surface area contributed by atoms with Crippen LogP contribution in [-0.2, 0) is 24.0 Å². The molecule has 0 aromatic rings. The fourth-order valence-electron chi connectivity index (χ4n) is 3.26.